The number of carbonyl (C=O) groups excluding carboxylic acids is 4. The maximum Gasteiger partial charge on any atom is 0.338 e. The van der Waals surface area contributed by atoms with E-state index in [0.717, 1.165) is 12.5 Å². The molecule has 61 heavy (non-hydrogen) atoms. The minimum absolute atomic E-state index is 0.0580. The van der Waals surface area contributed by atoms with E-state index < -0.39 is 111 Å². The highest BCUT2D eigenvalue weighted by atomic mass is 32.2. The van der Waals surface area contributed by atoms with Gasteiger partial charge in [-0.05, 0) is 61.7 Å². The quantitative estimate of drug-likeness (QED) is 0.112. The lowest BCUT2D eigenvalue weighted by molar-refractivity contribution is -0.346. The van der Waals surface area contributed by atoms with Gasteiger partial charge in [-0.2, -0.15) is 4.72 Å². The summed E-state index contributed by atoms with van der Waals surface area (Å²) in [5, 5.41) is 49.3. The molecular formula is C45H51NO14S. The van der Waals surface area contributed by atoms with Gasteiger partial charge in [-0.1, -0.05) is 80.1 Å². The summed E-state index contributed by atoms with van der Waals surface area (Å²) in [7, 11) is -4.49. The molecule has 11 atom stereocenters. The van der Waals surface area contributed by atoms with Gasteiger partial charge in [0.2, 0.25) is 10.0 Å². The summed E-state index contributed by atoms with van der Waals surface area (Å²) in [6.45, 7) is 8.49. The first kappa shape index (κ1) is 44.3. The number of carbonyl (C=O) groups is 4. The number of ether oxygens (including phenoxy) is 4. The number of hydrogen-bond donors (Lipinski definition) is 5. The van der Waals surface area contributed by atoms with Gasteiger partial charge in [0.25, 0.3) is 0 Å². The Kier molecular flexibility index (Phi) is 11.5. The van der Waals surface area contributed by atoms with Crippen molar-refractivity contribution in [1.82, 2.24) is 4.72 Å². The SMILES string of the molecule is CC(=O)O[C@@]12CO[C@@H]1C[C@H](O)[C@@]1(C)C(=O)[C@H](O)C3=C(C)[C@@H](OC(=O)[C@H](NS(=O)(=O)c4ccc(C)cc4)[C@@H](O)c4ccccc4)C[C@](O)([C@@H](OC(=O)c4ccccc4)[C@H]21)C3(C)C. The standard InChI is InChI=1S/C45H51NO14S/c1-24-17-19-29(20-18-24)61(55,56)46-34(35(49)27-13-9-7-10-14-27)41(53)58-30-22-45(54)39(59-40(52)28-15-11-8-12-16-28)37-43(6,38(51)36(50)33(25(30)2)42(45,4)5)31(48)21-32-44(37,23-57-32)60-26(3)47/h7-20,30-32,34-37,39,46,48-50,54H,21-23H2,1-6H3/t30-,31-,32+,34+,35-,36+,37-,39-,43+,44-,45-/m0/s1. The first-order chi connectivity index (χ1) is 28.6. The molecule has 5 N–H and O–H groups in total. The highest BCUT2D eigenvalue weighted by Gasteiger charge is 2.78. The first-order valence-corrected chi connectivity index (χ1v) is 21.5. The van der Waals surface area contributed by atoms with Gasteiger partial charge in [-0.15, -0.1) is 0 Å². The molecule has 3 fully saturated rings. The Hall–Kier alpha value is -4.81. The average Bonchev–Trinajstić information content (AvgIpc) is 3.21. The summed E-state index contributed by atoms with van der Waals surface area (Å²) in [6.07, 6.45) is -10.6. The number of aliphatic hydroxyl groups is 4. The number of fused-ring (bicyclic) bond motifs is 5. The van der Waals surface area contributed by atoms with Crippen LogP contribution in [0.3, 0.4) is 0 Å². The van der Waals surface area contributed by atoms with E-state index in [9.17, 15) is 43.2 Å². The molecule has 326 valence electrons. The highest BCUT2D eigenvalue weighted by molar-refractivity contribution is 7.89. The fourth-order valence-electron chi connectivity index (χ4n) is 10.0. The minimum Gasteiger partial charge on any atom is -0.456 e. The molecule has 3 aliphatic carbocycles. The van der Waals surface area contributed by atoms with Crippen molar-refractivity contribution in [2.45, 2.75) is 113 Å². The molecule has 3 aromatic rings. The fourth-order valence-corrected chi connectivity index (χ4v) is 11.2. The van der Waals surface area contributed by atoms with Gasteiger partial charge >= 0.3 is 17.9 Å². The van der Waals surface area contributed by atoms with Crippen LogP contribution >= 0.6 is 0 Å². The van der Waals surface area contributed by atoms with Crippen LogP contribution in [0.4, 0.5) is 0 Å². The Bertz CT molecular complexity index is 2350. The normalized spacial score (nSPS) is 32.7. The van der Waals surface area contributed by atoms with Crippen LogP contribution in [-0.2, 0) is 43.4 Å². The number of esters is 3. The summed E-state index contributed by atoms with van der Waals surface area (Å²) in [5.74, 6) is -5.52. The number of aliphatic hydroxyl groups excluding tert-OH is 3. The monoisotopic (exact) mass is 861 g/mol. The summed E-state index contributed by atoms with van der Waals surface area (Å²) < 4.78 is 54.1. The third kappa shape index (κ3) is 7.21. The zero-order valence-electron chi connectivity index (χ0n) is 34.6. The van der Waals surface area contributed by atoms with Crippen LogP contribution in [0.2, 0.25) is 0 Å². The molecule has 7 rings (SSSR count). The van der Waals surface area contributed by atoms with E-state index in [1.807, 2.05) is 0 Å². The molecular weight excluding hydrogens is 811 g/mol. The lowest BCUT2D eigenvalue weighted by Gasteiger charge is -2.67. The lowest BCUT2D eigenvalue weighted by atomic mass is 9.44. The van der Waals surface area contributed by atoms with Crippen molar-refractivity contribution in [1.29, 1.82) is 0 Å². The second kappa shape index (κ2) is 15.8. The summed E-state index contributed by atoms with van der Waals surface area (Å²) in [5.41, 5.74) is -6.91. The van der Waals surface area contributed by atoms with Crippen molar-refractivity contribution in [3.05, 3.63) is 113 Å². The van der Waals surface area contributed by atoms with Gasteiger partial charge in [0.15, 0.2) is 11.4 Å². The van der Waals surface area contributed by atoms with Crippen molar-refractivity contribution in [3.63, 3.8) is 0 Å². The smallest absolute Gasteiger partial charge is 0.338 e. The Labute approximate surface area is 353 Å². The summed E-state index contributed by atoms with van der Waals surface area (Å²) >= 11 is 0. The number of rotatable bonds is 10. The third-order valence-corrected chi connectivity index (χ3v) is 15.0. The van der Waals surface area contributed by atoms with Crippen molar-refractivity contribution in [2.24, 2.45) is 16.7 Å². The van der Waals surface area contributed by atoms with Crippen LogP contribution in [-0.4, -0.2) is 107 Å². The zero-order chi connectivity index (χ0) is 44.4. The van der Waals surface area contributed by atoms with Gasteiger partial charge in [0, 0.05) is 25.2 Å². The van der Waals surface area contributed by atoms with Crippen molar-refractivity contribution < 1.29 is 67.0 Å². The topological polar surface area (TPSA) is 232 Å². The van der Waals surface area contributed by atoms with Crippen molar-refractivity contribution in [3.8, 4) is 0 Å². The highest BCUT2D eigenvalue weighted by Crippen LogP contribution is 2.64. The predicted molar refractivity (Wildman–Crippen MR) is 216 cm³/mol. The maximum atomic E-state index is 15.0. The van der Waals surface area contributed by atoms with Gasteiger partial charge in [0.1, 0.15) is 42.2 Å². The van der Waals surface area contributed by atoms with Gasteiger partial charge in [-0.25, -0.2) is 13.2 Å². The van der Waals surface area contributed by atoms with E-state index in [0.29, 0.717) is 0 Å². The molecule has 3 aromatic carbocycles. The molecule has 1 aliphatic heterocycles. The first-order valence-electron chi connectivity index (χ1n) is 20.0. The Balaban J connectivity index is 1.38. The van der Waals surface area contributed by atoms with Crippen LogP contribution in [0.15, 0.2) is 101 Å². The molecule has 0 radical (unpaired) electrons. The number of nitrogens with one attached hydrogen (secondary N) is 1. The second-order valence-electron chi connectivity index (χ2n) is 17.4. The van der Waals surface area contributed by atoms with E-state index in [4.69, 9.17) is 18.9 Å². The average molecular weight is 862 g/mol. The third-order valence-electron chi connectivity index (χ3n) is 13.5. The summed E-state index contributed by atoms with van der Waals surface area (Å²) in [4.78, 5) is 56.5. The van der Waals surface area contributed by atoms with Crippen molar-refractivity contribution in [2.75, 3.05) is 6.61 Å². The largest absolute Gasteiger partial charge is 0.456 e. The van der Waals surface area contributed by atoms with Crippen LogP contribution in [0.25, 0.3) is 0 Å². The van der Waals surface area contributed by atoms with Gasteiger partial charge < -0.3 is 39.4 Å². The Morgan fingerprint density at radius 1 is 0.902 bits per heavy atom. The second-order valence-corrected chi connectivity index (χ2v) is 19.1. The number of hydrogen-bond acceptors (Lipinski definition) is 14. The molecule has 2 bridgehead atoms. The summed E-state index contributed by atoms with van der Waals surface area (Å²) in [6, 6.07) is 19.4. The van der Waals surface area contributed by atoms with Crippen LogP contribution in [0.5, 0.6) is 0 Å². The number of aryl methyl sites for hydroxylation is 1. The molecule has 0 unspecified atom stereocenters. The number of ketones is 1. The fraction of sp³-hybridized carbons (Fsp3) is 0.467. The number of benzene rings is 3. The Morgan fingerprint density at radius 3 is 2.08 bits per heavy atom. The predicted octanol–water partition coefficient (Wildman–Crippen LogP) is 3.02. The molecule has 15 nitrogen and oxygen atoms in total. The van der Waals surface area contributed by atoms with E-state index in [1.165, 1.54) is 64.1 Å². The van der Waals surface area contributed by atoms with E-state index in [2.05, 4.69) is 4.72 Å². The van der Waals surface area contributed by atoms with Crippen LogP contribution in [0.1, 0.15) is 75.0 Å². The molecule has 0 aromatic heterocycles. The van der Waals surface area contributed by atoms with Gasteiger partial charge in [0.05, 0.1) is 34.5 Å². The van der Waals surface area contributed by atoms with Crippen LogP contribution in [0, 0.1) is 23.7 Å². The zero-order valence-corrected chi connectivity index (χ0v) is 35.4. The molecule has 2 saturated carbocycles. The van der Waals surface area contributed by atoms with Crippen LogP contribution < -0.4 is 4.72 Å². The molecule has 4 aliphatic rings. The van der Waals surface area contributed by atoms with E-state index in [1.54, 1.807) is 55.5 Å². The molecule has 1 heterocycles. The number of sulfonamides is 1. The maximum absolute atomic E-state index is 15.0. The number of Topliss-reactive ketones (excluding diaryl/α,β-unsaturated/α-hetero) is 1. The van der Waals surface area contributed by atoms with Crippen molar-refractivity contribution >= 4 is 33.7 Å². The molecule has 0 spiro atoms. The van der Waals surface area contributed by atoms with E-state index in [-0.39, 0.29) is 40.2 Å². The lowest BCUT2D eigenvalue weighted by Crippen LogP contribution is -2.81. The molecule has 1 saturated heterocycles. The Morgan fingerprint density at radius 2 is 1.51 bits per heavy atom. The molecule has 16 heteroatoms. The molecule has 0 amide bonds. The van der Waals surface area contributed by atoms with Gasteiger partial charge in [-0.3, -0.25) is 14.4 Å². The minimum atomic E-state index is -4.49. The van der Waals surface area contributed by atoms with E-state index >= 15 is 4.79 Å².